The zero-order valence-corrected chi connectivity index (χ0v) is 22.2. The largest absolute Gasteiger partial charge is 0.507 e. The van der Waals surface area contributed by atoms with Crippen LogP contribution in [0.5, 0.6) is 5.75 Å². The Balaban J connectivity index is 1.75. The van der Waals surface area contributed by atoms with Crippen LogP contribution in [0.4, 0.5) is 4.39 Å². The van der Waals surface area contributed by atoms with Gasteiger partial charge in [0.1, 0.15) is 17.3 Å². The molecule has 37 heavy (non-hydrogen) atoms. The summed E-state index contributed by atoms with van der Waals surface area (Å²) in [4.78, 5) is 26.1. The lowest BCUT2D eigenvalue weighted by Gasteiger charge is -2.29. The van der Waals surface area contributed by atoms with Crippen molar-refractivity contribution in [3.8, 4) is 5.75 Å². The fourth-order valence-electron chi connectivity index (χ4n) is 5.35. The molecule has 2 aromatic carbocycles. The first-order valence-corrected chi connectivity index (χ1v) is 13.8. The number of halogens is 1. The van der Waals surface area contributed by atoms with Gasteiger partial charge in [-0.2, -0.15) is 0 Å². The lowest BCUT2D eigenvalue weighted by Crippen LogP contribution is -2.45. The third kappa shape index (κ3) is 9.26. The highest BCUT2D eigenvalue weighted by atomic mass is 19.1. The van der Waals surface area contributed by atoms with Gasteiger partial charge in [-0.15, -0.1) is 0 Å². The molecular formula is C31H42FNO4. The van der Waals surface area contributed by atoms with Gasteiger partial charge in [0, 0.05) is 18.4 Å². The fraction of sp³-hybridized carbons (Fsp3) is 0.548. The Morgan fingerprint density at radius 1 is 1.03 bits per heavy atom. The number of nitrogens with one attached hydrogen (secondary N) is 1. The quantitative estimate of drug-likeness (QED) is 0.298. The van der Waals surface area contributed by atoms with Crippen molar-refractivity contribution in [2.75, 3.05) is 0 Å². The third-order valence-electron chi connectivity index (χ3n) is 7.56. The van der Waals surface area contributed by atoms with Crippen LogP contribution in [-0.2, 0) is 11.2 Å². The van der Waals surface area contributed by atoms with Gasteiger partial charge in [-0.3, -0.25) is 9.59 Å². The molecule has 3 atom stereocenters. The van der Waals surface area contributed by atoms with E-state index in [9.17, 15) is 24.2 Å². The summed E-state index contributed by atoms with van der Waals surface area (Å²) in [5.74, 6) is -0.695. The maximum atomic E-state index is 13.4. The molecule has 0 heterocycles. The van der Waals surface area contributed by atoms with Crippen LogP contribution in [0.15, 0.2) is 48.5 Å². The second-order valence-electron chi connectivity index (χ2n) is 11.1. The Labute approximate surface area is 220 Å². The molecule has 202 valence electrons. The van der Waals surface area contributed by atoms with Crippen LogP contribution in [0.2, 0.25) is 0 Å². The number of carbonyl (C=O) groups excluding carboxylic acids is 2. The Hall–Kier alpha value is -2.73. The van der Waals surface area contributed by atoms with Crippen LogP contribution in [0.3, 0.4) is 0 Å². The van der Waals surface area contributed by atoms with E-state index in [1.54, 1.807) is 0 Å². The van der Waals surface area contributed by atoms with Gasteiger partial charge >= 0.3 is 0 Å². The van der Waals surface area contributed by atoms with Gasteiger partial charge in [0.2, 0.25) is 0 Å². The molecule has 0 unspecified atom stereocenters. The Morgan fingerprint density at radius 3 is 2.38 bits per heavy atom. The van der Waals surface area contributed by atoms with Crippen LogP contribution >= 0.6 is 0 Å². The number of ketones is 1. The van der Waals surface area contributed by atoms with Gasteiger partial charge < -0.3 is 15.5 Å². The van der Waals surface area contributed by atoms with Gasteiger partial charge in [-0.05, 0) is 61.6 Å². The number of benzene rings is 2. The van der Waals surface area contributed by atoms with E-state index in [0.29, 0.717) is 31.0 Å². The number of phenols is 1. The SMILES string of the molecule is CC(C)CC[C@H](CC(=O)C1CCCCC1)C[C@H](O)[C@H](Cc1ccccc1)NC(=O)c1ccc(F)cc1O. The molecular weight excluding hydrogens is 469 g/mol. The number of hydrogen-bond acceptors (Lipinski definition) is 4. The molecule has 0 aliphatic heterocycles. The minimum Gasteiger partial charge on any atom is -0.507 e. The van der Waals surface area contributed by atoms with Crippen LogP contribution in [0.1, 0.15) is 87.6 Å². The molecule has 3 N–H and O–H groups in total. The summed E-state index contributed by atoms with van der Waals surface area (Å²) in [6, 6.07) is 12.2. The summed E-state index contributed by atoms with van der Waals surface area (Å²) in [5.41, 5.74) is 0.905. The minimum atomic E-state index is -0.886. The topological polar surface area (TPSA) is 86.6 Å². The van der Waals surface area contributed by atoms with Crippen LogP contribution in [0.25, 0.3) is 0 Å². The number of aliphatic hydroxyl groups excluding tert-OH is 1. The molecule has 0 bridgehead atoms. The highest BCUT2D eigenvalue weighted by molar-refractivity contribution is 5.97. The Bertz CT molecular complexity index is 1000. The van der Waals surface area contributed by atoms with Crippen LogP contribution < -0.4 is 5.32 Å². The number of amides is 1. The zero-order chi connectivity index (χ0) is 26.8. The van der Waals surface area contributed by atoms with Gasteiger partial charge in [0.25, 0.3) is 5.91 Å². The molecule has 1 aliphatic carbocycles. The third-order valence-corrected chi connectivity index (χ3v) is 7.56. The fourth-order valence-corrected chi connectivity index (χ4v) is 5.35. The van der Waals surface area contributed by atoms with Crippen molar-refractivity contribution in [3.63, 3.8) is 0 Å². The first-order chi connectivity index (χ1) is 17.7. The van der Waals surface area contributed by atoms with E-state index >= 15 is 0 Å². The zero-order valence-electron chi connectivity index (χ0n) is 22.2. The molecule has 1 fully saturated rings. The minimum absolute atomic E-state index is 0.0289. The number of aromatic hydroxyl groups is 1. The summed E-state index contributed by atoms with van der Waals surface area (Å²) in [5, 5.41) is 24.4. The summed E-state index contributed by atoms with van der Waals surface area (Å²) in [6.45, 7) is 4.31. The van der Waals surface area contributed by atoms with Gasteiger partial charge in [-0.1, -0.05) is 69.9 Å². The summed E-state index contributed by atoms with van der Waals surface area (Å²) < 4.78 is 13.4. The van der Waals surface area contributed by atoms with E-state index < -0.39 is 29.6 Å². The lowest BCUT2D eigenvalue weighted by atomic mass is 9.80. The predicted molar refractivity (Wildman–Crippen MR) is 144 cm³/mol. The number of hydrogen-bond donors (Lipinski definition) is 3. The van der Waals surface area contributed by atoms with E-state index in [-0.39, 0.29) is 17.4 Å². The Morgan fingerprint density at radius 2 is 1.73 bits per heavy atom. The second kappa shape index (κ2) is 14.3. The van der Waals surface area contributed by atoms with Crippen molar-refractivity contribution >= 4 is 11.7 Å². The van der Waals surface area contributed by atoms with E-state index in [1.165, 1.54) is 12.5 Å². The highest BCUT2D eigenvalue weighted by Crippen LogP contribution is 2.30. The average molecular weight is 512 g/mol. The predicted octanol–water partition coefficient (Wildman–Crippen LogP) is 6.22. The molecule has 1 amide bonds. The molecule has 6 heteroatoms. The van der Waals surface area contributed by atoms with Gasteiger partial charge in [0.05, 0.1) is 17.7 Å². The number of Topliss-reactive ketones (excluding diaryl/α,β-unsaturated/α-hetero) is 1. The number of rotatable bonds is 13. The first kappa shape index (κ1) is 28.8. The second-order valence-corrected chi connectivity index (χ2v) is 11.1. The van der Waals surface area contributed by atoms with Crippen molar-refractivity contribution in [2.24, 2.45) is 17.8 Å². The van der Waals surface area contributed by atoms with Crippen LogP contribution in [-0.4, -0.2) is 34.0 Å². The molecule has 0 saturated heterocycles. The van der Waals surface area contributed by atoms with Crippen LogP contribution in [0, 0.1) is 23.6 Å². The normalized spacial score (nSPS) is 16.8. The highest BCUT2D eigenvalue weighted by Gasteiger charge is 2.29. The van der Waals surface area contributed by atoms with E-state index in [1.807, 2.05) is 30.3 Å². The van der Waals surface area contributed by atoms with E-state index in [2.05, 4.69) is 19.2 Å². The van der Waals surface area contributed by atoms with Crippen molar-refractivity contribution in [3.05, 3.63) is 65.5 Å². The average Bonchev–Trinajstić information content (AvgIpc) is 2.87. The molecule has 1 aliphatic rings. The molecule has 5 nitrogen and oxygen atoms in total. The van der Waals surface area contributed by atoms with Crippen molar-refractivity contribution in [2.45, 2.75) is 90.2 Å². The standard InChI is InChI=1S/C31H42FNO4/c1-21(2)13-14-23(18-28(34)24-11-7-4-8-12-24)19-30(36)27(17-22-9-5-3-6-10-22)33-31(37)26-16-15-25(32)20-29(26)35/h3,5-6,9-10,15-16,20-21,23-24,27,30,35-36H,4,7-8,11-14,17-19H2,1-2H3,(H,33,37)/t23-,27+,30+/m1/s1. The molecule has 0 aromatic heterocycles. The number of aliphatic hydroxyl groups is 1. The monoisotopic (exact) mass is 511 g/mol. The molecule has 0 spiro atoms. The van der Waals surface area contributed by atoms with Crippen molar-refractivity contribution < 1.29 is 24.2 Å². The van der Waals surface area contributed by atoms with Crippen molar-refractivity contribution in [1.82, 2.24) is 5.32 Å². The van der Waals surface area contributed by atoms with Gasteiger partial charge in [-0.25, -0.2) is 4.39 Å². The number of phenolic OH excluding ortho intramolecular Hbond substituents is 1. The summed E-state index contributed by atoms with van der Waals surface area (Å²) in [7, 11) is 0. The molecule has 2 aromatic rings. The maximum Gasteiger partial charge on any atom is 0.255 e. The molecule has 0 radical (unpaired) electrons. The Kier molecular flexibility index (Phi) is 11.1. The smallest absolute Gasteiger partial charge is 0.255 e. The maximum absolute atomic E-state index is 13.4. The van der Waals surface area contributed by atoms with Gasteiger partial charge in [0.15, 0.2) is 0 Å². The first-order valence-electron chi connectivity index (χ1n) is 13.8. The molecule has 3 rings (SSSR count). The lowest BCUT2D eigenvalue weighted by molar-refractivity contribution is -0.125. The summed E-state index contributed by atoms with van der Waals surface area (Å²) in [6.07, 6.45) is 7.52. The molecule has 1 saturated carbocycles. The number of carbonyl (C=O) groups is 2. The van der Waals surface area contributed by atoms with E-state index in [4.69, 9.17) is 0 Å². The van der Waals surface area contributed by atoms with E-state index in [0.717, 1.165) is 56.2 Å². The summed E-state index contributed by atoms with van der Waals surface area (Å²) >= 11 is 0. The van der Waals surface area contributed by atoms with Crippen molar-refractivity contribution in [1.29, 1.82) is 0 Å².